The number of hydrogen-bond donors (Lipinski definition) is 1. The molecule has 0 amide bonds. The minimum absolute atomic E-state index is 0.354. The zero-order valence-electron chi connectivity index (χ0n) is 7.92. The number of rotatable bonds is 2. The Morgan fingerprint density at radius 1 is 1.06 bits per heavy atom. The van der Waals surface area contributed by atoms with Gasteiger partial charge in [-0.2, -0.15) is 0 Å². The number of nitrogens with zero attached hydrogens (tertiary/aromatic N) is 2. The van der Waals surface area contributed by atoms with Gasteiger partial charge in [-0.3, -0.25) is 0 Å². The smallest absolute Gasteiger partial charge is 0.153 e. The third-order valence-corrected chi connectivity index (χ3v) is 2.83. The third kappa shape index (κ3) is 2.84. The first-order valence-corrected chi connectivity index (χ1v) is 5.91. The molecule has 0 aliphatic rings. The van der Waals surface area contributed by atoms with E-state index in [1.54, 1.807) is 18.2 Å². The molecule has 1 aromatic heterocycles. The average Bonchev–Trinajstić information content (AvgIpc) is 2.25. The van der Waals surface area contributed by atoms with Crippen LogP contribution in [-0.2, 0) is 0 Å². The molecule has 0 bridgehead atoms. The van der Waals surface area contributed by atoms with E-state index in [-0.39, 0.29) is 0 Å². The Labute approximate surface area is 111 Å². The highest BCUT2D eigenvalue weighted by molar-refractivity contribution is 9.10. The first kappa shape index (κ1) is 11.6. The van der Waals surface area contributed by atoms with Gasteiger partial charge >= 0.3 is 0 Å². The Morgan fingerprint density at radius 3 is 2.50 bits per heavy atom. The van der Waals surface area contributed by atoms with Gasteiger partial charge in [-0.1, -0.05) is 39.1 Å². The standard InChI is InChI=1S/C10H6BrCl2N3/c11-6-1-2-8(7(12)5-6)14-10-4-3-9(13)15-16-10/h1-5H,(H,14,16). The molecular formula is C10H6BrCl2N3. The third-order valence-electron chi connectivity index (χ3n) is 1.83. The molecule has 0 fully saturated rings. The van der Waals surface area contributed by atoms with E-state index in [1.165, 1.54) is 0 Å². The lowest BCUT2D eigenvalue weighted by atomic mass is 10.3. The summed E-state index contributed by atoms with van der Waals surface area (Å²) >= 11 is 15.0. The molecule has 0 saturated carbocycles. The van der Waals surface area contributed by atoms with Gasteiger partial charge in [0.2, 0.25) is 0 Å². The lowest BCUT2D eigenvalue weighted by molar-refractivity contribution is 1.04. The van der Waals surface area contributed by atoms with E-state index in [4.69, 9.17) is 23.2 Å². The molecule has 6 heteroatoms. The molecular weight excluding hydrogens is 313 g/mol. The first-order valence-electron chi connectivity index (χ1n) is 4.36. The van der Waals surface area contributed by atoms with Crippen molar-refractivity contribution in [2.24, 2.45) is 0 Å². The Balaban J connectivity index is 2.23. The van der Waals surface area contributed by atoms with Crippen LogP contribution in [0.4, 0.5) is 11.5 Å². The fourth-order valence-electron chi connectivity index (χ4n) is 1.11. The van der Waals surface area contributed by atoms with Crippen LogP contribution in [0.5, 0.6) is 0 Å². The number of aromatic nitrogens is 2. The number of halogens is 3. The summed E-state index contributed by atoms with van der Waals surface area (Å²) in [7, 11) is 0. The van der Waals surface area contributed by atoms with Gasteiger partial charge in [-0.15, -0.1) is 10.2 Å². The number of benzene rings is 1. The highest BCUT2D eigenvalue weighted by Crippen LogP contribution is 2.27. The molecule has 0 unspecified atom stereocenters. The fourth-order valence-corrected chi connectivity index (χ4v) is 1.93. The van der Waals surface area contributed by atoms with Crippen molar-refractivity contribution in [3.8, 4) is 0 Å². The topological polar surface area (TPSA) is 37.8 Å². The summed E-state index contributed by atoms with van der Waals surface area (Å²) in [6, 6.07) is 8.92. The molecule has 0 aliphatic heterocycles. The minimum Gasteiger partial charge on any atom is -0.338 e. The second-order valence-electron chi connectivity index (χ2n) is 2.99. The van der Waals surface area contributed by atoms with Gasteiger partial charge < -0.3 is 5.32 Å². The molecule has 0 aliphatic carbocycles. The minimum atomic E-state index is 0.354. The van der Waals surface area contributed by atoms with Crippen molar-refractivity contribution in [1.29, 1.82) is 0 Å². The molecule has 3 nitrogen and oxygen atoms in total. The van der Waals surface area contributed by atoms with E-state index in [2.05, 4.69) is 31.4 Å². The van der Waals surface area contributed by atoms with Gasteiger partial charge in [0.15, 0.2) is 11.0 Å². The van der Waals surface area contributed by atoms with Crippen LogP contribution in [0.1, 0.15) is 0 Å². The zero-order valence-corrected chi connectivity index (χ0v) is 11.0. The summed E-state index contributed by atoms with van der Waals surface area (Å²) in [5, 5.41) is 11.6. The maximum Gasteiger partial charge on any atom is 0.153 e. The van der Waals surface area contributed by atoms with Crippen LogP contribution >= 0.6 is 39.1 Å². The van der Waals surface area contributed by atoms with E-state index in [0.717, 1.165) is 10.2 Å². The predicted octanol–water partition coefficient (Wildman–Crippen LogP) is 4.29. The molecule has 2 aromatic rings. The largest absolute Gasteiger partial charge is 0.338 e. The van der Waals surface area contributed by atoms with Crippen molar-refractivity contribution in [2.45, 2.75) is 0 Å². The summed E-state index contributed by atoms with van der Waals surface area (Å²) in [6.07, 6.45) is 0. The van der Waals surface area contributed by atoms with Crippen LogP contribution in [-0.4, -0.2) is 10.2 Å². The lowest BCUT2D eigenvalue weighted by Gasteiger charge is -2.06. The molecule has 82 valence electrons. The summed E-state index contributed by atoms with van der Waals surface area (Å²) in [6.45, 7) is 0. The van der Waals surface area contributed by atoms with Crippen LogP contribution in [0.25, 0.3) is 0 Å². The van der Waals surface area contributed by atoms with E-state index in [9.17, 15) is 0 Å². The number of hydrogen-bond acceptors (Lipinski definition) is 3. The monoisotopic (exact) mass is 317 g/mol. The summed E-state index contributed by atoms with van der Waals surface area (Å²) in [4.78, 5) is 0. The van der Waals surface area contributed by atoms with Gasteiger partial charge in [0.05, 0.1) is 10.7 Å². The van der Waals surface area contributed by atoms with Crippen LogP contribution in [0, 0.1) is 0 Å². The van der Waals surface area contributed by atoms with Crippen molar-refractivity contribution >= 4 is 50.6 Å². The second-order valence-corrected chi connectivity index (χ2v) is 4.70. The average molecular weight is 319 g/mol. The van der Waals surface area contributed by atoms with Crippen molar-refractivity contribution in [3.63, 3.8) is 0 Å². The van der Waals surface area contributed by atoms with Gasteiger partial charge in [0, 0.05) is 4.47 Å². The lowest BCUT2D eigenvalue weighted by Crippen LogP contribution is -1.95. The summed E-state index contributed by atoms with van der Waals surface area (Å²) < 4.78 is 0.922. The molecule has 2 rings (SSSR count). The summed E-state index contributed by atoms with van der Waals surface area (Å²) in [5.41, 5.74) is 0.765. The van der Waals surface area contributed by atoms with Crippen LogP contribution in [0.15, 0.2) is 34.8 Å². The second kappa shape index (κ2) is 4.99. The van der Waals surface area contributed by atoms with E-state index in [0.29, 0.717) is 16.0 Å². The van der Waals surface area contributed by atoms with Crippen LogP contribution < -0.4 is 5.32 Å². The van der Waals surface area contributed by atoms with Gasteiger partial charge in [0.25, 0.3) is 0 Å². The predicted molar refractivity (Wildman–Crippen MR) is 69.5 cm³/mol. The van der Waals surface area contributed by atoms with Crippen molar-refractivity contribution in [3.05, 3.63) is 45.0 Å². The number of anilines is 2. The Bertz CT molecular complexity index is 502. The van der Waals surface area contributed by atoms with Gasteiger partial charge in [0.1, 0.15) is 0 Å². The fraction of sp³-hybridized carbons (Fsp3) is 0. The summed E-state index contributed by atoms with van der Waals surface area (Å²) in [5.74, 6) is 0.591. The highest BCUT2D eigenvalue weighted by atomic mass is 79.9. The molecule has 1 N–H and O–H groups in total. The van der Waals surface area contributed by atoms with E-state index in [1.807, 2.05) is 12.1 Å². The molecule has 1 heterocycles. The molecule has 0 saturated heterocycles. The molecule has 1 aromatic carbocycles. The number of nitrogens with one attached hydrogen (secondary N) is 1. The van der Waals surface area contributed by atoms with Crippen molar-refractivity contribution in [1.82, 2.24) is 10.2 Å². The molecule has 0 atom stereocenters. The first-order chi connectivity index (χ1) is 7.65. The van der Waals surface area contributed by atoms with E-state index >= 15 is 0 Å². The van der Waals surface area contributed by atoms with Crippen LogP contribution in [0.2, 0.25) is 10.2 Å². The molecule has 0 radical (unpaired) electrons. The normalized spacial score (nSPS) is 10.2. The van der Waals surface area contributed by atoms with E-state index < -0.39 is 0 Å². The quantitative estimate of drug-likeness (QED) is 0.897. The Kier molecular flexibility index (Phi) is 3.63. The Morgan fingerprint density at radius 2 is 1.88 bits per heavy atom. The molecule has 16 heavy (non-hydrogen) atoms. The maximum absolute atomic E-state index is 6.04. The van der Waals surface area contributed by atoms with Crippen molar-refractivity contribution in [2.75, 3.05) is 5.32 Å². The van der Waals surface area contributed by atoms with Gasteiger partial charge in [-0.05, 0) is 30.3 Å². The van der Waals surface area contributed by atoms with Crippen molar-refractivity contribution < 1.29 is 0 Å². The zero-order chi connectivity index (χ0) is 11.5. The highest BCUT2D eigenvalue weighted by Gasteiger charge is 2.02. The van der Waals surface area contributed by atoms with Gasteiger partial charge in [-0.25, -0.2) is 0 Å². The Hall–Kier alpha value is -0.840. The maximum atomic E-state index is 6.04. The SMILES string of the molecule is Clc1ccc(Nc2ccc(Br)cc2Cl)nn1. The molecule has 0 spiro atoms. The van der Waals surface area contributed by atoms with Crippen LogP contribution in [0.3, 0.4) is 0 Å².